The molecule has 0 saturated heterocycles. The lowest BCUT2D eigenvalue weighted by Gasteiger charge is -2.26. The molecule has 0 aliphatic carbocycles. The molecule has 0 fully saturated rings. The summed E-state index contributed by atoms with van der Waals surface area (Å²) >= 11 is 0. The number of rotatable bonds is 12. The van der Waals surface area contributed by atoms with Gasteiger partial charge in [-0.05, 0) is 35.4 Å². The van der Waals surface area contributed by atoms with E-state index in [4.69, 9.17) is 19.7 Å². The highest BCUT2D eigenvalue weighted by atomic mass is 16.5. The van der Waals surface area contributed by atoms with Crippen molar-refractivity contribution in [2.24, 2.45) is 0 Å². The Bertz CT molecular complexity index is 709. The first kappa shape index (κ1) is 23.2. The molecular weight excluding hydrogens is 370 g/mol. The number of hydrogen-bond donors (Lipinski definition) is 3. The lowest BCUT2D eigenvalue weighted by Crippen LogP contribution is -2.38. The van der Waals surface area contributed by atoms with Crippen LogP contribution in [0, 0.1) is 0 Å². The second kappa shape index (κ2) is 11.2. The van der Waals surface area contributed by atoms with Crippen LogP contribution in [0.25, 0.3) is 0 Å². The minimum absolute atomic E-state index is 0.0149. The first-order valence-corrected chi connectivity index (χ1v) is 9.90. The predicted octanol–water partition coefficient (Wildman–Crippen LogP) is 2.05. The number of benzene rings is 2. The fourth-order valence-corrected chi connectivity index (χ4v) is 3.26. The highest BCUT2D eigenvalue weighted by molar-refractivity contribution is 5.41. The van der Waals surface area contributed by atoms with Gasteiger partial charge in [0.2, 0.25) is 0 Å². The van der Waals surface area contributed by atoms with Crippen LogP contribution in [0.1, 0.15) is 25.0 Å². The van der Waals surface area contributed by atoms with Gasteiger partial charge in [-0.1, -0.05) is 38.1 Å². The molecule has 0 heterocycles. The standard InChI is InChI=1S/C23H33NO5/c1-23(2,18-4-8-21(28-3)9-5-18)19-6-10-22(11-7-19)29-17-20(27)16-24(12-14-25)13-15-26/h4-11,20,25-27H,12-17H2,1-3H3. The van der Waals surface area contributed by atoms with Crippen molar-refractivity contribution in [2.45, 2.75) is 25.4 Å². The maximum atomic E-state index is 10.2. The number of aliphatic hydroxyl groups is 3. The Morgan fingerprint density at radius 3 is 1.79 bits per heavy atom. The minimum atomic E-state index is -0.705. The van der Waals surface area contributed by atoms with Crippen LogP contribution in [-0.2, 0) is 5.41 Å². The highest BCUT2D eigenvalue weighted by Crippen LogP contribution is 2.33. The second-order valence-electron chi connectivity index (χ2n) is 7.59. The Balaban J connectivity index is 1.95. The molecule has 0 radical (unpaired) electrons. The van der Waals surface area contributed by atoms with Crippen LogP contribution in [0.2, 0.25) is 0 Å². The first-order valence-electron chi connectivity index (χ1n) is 9.90. The molecule has 6 nitrogen and oxygen atoms in total. The predicted molar refractivity (Wildman–Crippen MR) is 114 cm³/mol. The van der Waals surface area contributed by atoms with Crippen molar-refractivity contribution in [2.75, 3.05) is 46.6 Å². The van der Waals surface area contributed by atoms with Crippen LogP contribution in [-0.4, -0.2) is 72.9 Å². The zero-order chi connectivity index (χ0) is 21.3. The summed E-state index contributed by atoms with van der Waals surface area (Å²) in [6.07, 6.45) is -0.705. The fraction of sp³-hybridized carbons (Fsp3) is 0.478. The molecule has 6 heteroatoms. The Morgan fingerprint density at radius 2 is 1.34 bits per heavy atom. The van der Waals surface area contributed by atoms with Crippen molar-refractivity contribution < 1.29 is 24.8 Å². The van der Waals surface area contributed by atoms with Crippen LogP contribution in [0.15, 0.2) is 48.5 Å². The quantitative estimate of drug-likeness (QED) is 0.503. The molecule has 0 bridgehead atoms. The number of nitrogens with zero attached hydrogens (tertiary/aromatic N) is 1. The molecule has 1 atom stereocenters. The molecule has 0 aromatic heterocycles. The molecule has 1 unspecified atom stereocenters. The van der Waals surface area contributed by atoms with E-state index in [2.05, 4.69) is 26.0 Å². The second-order valence-corrected chi connectivity index (χ2v) is 7.59. The smallest absolute Gasteiger partial charge is 0.119 e. The number of aliphatic hydroxyl groups excluding tert-OH is 3. The van der Waals surface area contributed by atoms with Gasteiger partial charge in [-0.25, -0.2) is 0 Å². The summed E-state index contributed by atoms with van der Waals surface area (Å²) in [5.41, 5.74) is 2.18. The van der Waals surface area contributed by atoms with Crippen LogP contribution in [0.3, 0.4) is 0 Å². The molecule has 2 aromatic carbocycles. The molecule has 0 aliphatic heterocycles. The van der Waals surface area contributed by atoms with E-state index in [1.54, 1.807) is 12.0 Å². The van der Waals surface area contributed by atoms with Gasteiger partial charge < -0.3 is 24.8 Å². The van der Waals surface area contributed by atoms with Crippen molar-refractivity contribution in [1.29, 1.82) is 0 Å². The van der Waals surface area contributed by atoms with Crippen LogP contribution >= 0.6 is 0 Å². The Morgan fingerprint density at radius 1 is 0.862 bits per heavy atom. The van der Waals surface area contributed by atoms with Crippen molar-refractivity contribution >= 4 is 0 Å². The fourth-order valence-electron chi connectivity index (χ4n) is 3.26. The van der Waals surface area contributed by atoms with Crippen molar-refractivity contribution in [1.82, 2.24) is 4.90 Å². The highest BCUT2D eigenvalue weighted by Gasteiger charge is 2.23. The Hall–Kier alpha value is -2.12. The lowest BCUT2D eigenvalue weighted by molar-refractivity contribution is 0.0552. The zero-order valence-electron chi connectivity index (χ0n) is 17.5. The first-order chi connectivity index (χ1) is 13.9. The van der Waals surface area contributed by atoms with Crippen LogP contribution in [0.5, 0.6) is 11.5 Å². The van der Waals surface area contributed by atoms with Gasteiger partial charge in [-0.15, -0.1) is 0 Å². The summed E-state index contributed by atoms with van der Waals surface area (Å²) in [7, 11) is 1.66. The molecule has 2 aromatic rings. The summed E-state index contributed by atoms with van der Waals surface area (Å²) in [5.74, 6) is 1.53. The molecule has 160 valence electrons. The third-order valence-corrected chi connectivity index (χ3v) is 5.13. The van der Waals surface area contributed by atoms with Gasteiger partial charge in [0.05, 0.1) is 20.3 Å². The molecule has 0 amide bonds. The largest absolute Gasteiger partial charge is 0.497 e. The average molecular weight is 404 g/mol. The Labute approximate surface area is 173 Å². The van der Waals surface area contributed by atoms with E-state index < -0.39 is 6.10 Å². The van der Waals surface area contributed by atoms with Crippen molar-refractivity contribution in [3.05, 3.63) is 59.7 Å². The molecular formula is C23H33NO5. The third kappa shape index (κ3) is 6.72. The van der Waals surface area contributed by atoms with E-state index in [0.29, 0.717) is 25.4 Å². The number of methoxy groups -OCH3 is 1. The Kier molecular flexibility index (Phi) is 8.92. The third-order valence-electron chi connectivity index (χ3n) is 5.13. The lowest BCUT2D eigenvalue weighted by atomic mass is 9.78. The average Bonchev–Trinajstić information content (AvgIpc) is 2.73. The van der Waals surface area contributed by atoms with Crippen molar-refractivity contribution in [3.8, 4) is 11.5 Å². The molecule has 29 heavy (non-hydrogen) atoms. The molecule has 3 N–H and O–H groups in total. The molecule has 0 aliphatic rings. The van der Waals surface area contributed by atoms with E-state index >= 15 is 0 Å². The van der Waals surface area contributed by atoms with Gasteiger partial charge in [0.25, 0.3) is 0 Å². The summed E-state index contributed by atoms with van der Waals surface area (Å²) in [5, 5.41) is 28.3. The van der Waals surface area contributed by atoms with E-state index in [9.17, 15) is 5.11 Å². The van der Waals surface area contributed by atoms with Gasteiger partial charge in [0, 0.05) is 25.0 Å². The summed E-state index contributed by atoms with van der Waals surface area (Å²) < 4.78 is 10.9. The summed E-state index contributed by atoms with van der Waals surface area (Å²) in [6, 6.07) is 16.0. The van der Waals surface area contributed by atoms with Gasteiger partial charge in [-0.2, -0.15) is 0 Å². The number of ether oxygens (including phenoxy) is 2. The van der Waals surface area contributed by atoms with E-state index in [-0.39, 0.29) is 25.2 Å². The topological polar surface area (TPSA) is 82.4 Å². The van der Waals surface area contributed by atoms with Gasteiger partial charge in [0.1, 0.15) is 24.2 Å². The van der Waals surface area contributed by atoms with Crippen LogP contribution < -0.4 is 9.47 Å². The maximum Gasteiger partial charge on any atom is 0.119 e. The summed E-state index contributed by atoms with van der Waals surface area (Å²) in [4.78, 5) is 1.80. The monoisotopic (exact) mass is 403 g/mol. The maximum absolute atomic E-state index is 10.2. The van der Waals surface area contributed by atoms with Gasteiger partial charge in [-0.3, -0.25) is 4.90 Å². The minimum Gasteiger partial charge on any atom is -0.497 e. The van der Waals surface area contributed by atoms with Crippen LogP contribution in [0.4, 0.5) is 0 Å². The zero-order valence-corrected chi connectivity index (χ0v) is 17.5. The molecule has 0 spiro atoms. The van der Waals surface area contributed by atoms with E-state index in [1.807, 2.05) is 36.4 Å². The SMILES string of the molecule is COc1ccc(C(C)(C)c2ccc(OCC(O)CN(CCO)CCO)cc2)cc1. The normalized spacial score (nSPS) is 12.8. The van der Waals surface area contributed by atoms with E-state index in [0.717, 1.165) is 11.3 Å². The van der Waals surface area contributed by atoms with E-state index in [1.165, 1.54) is 5.56 Å². The van der Waals surface area contributed by atoms with Gasteiger partial charge in [0.15, 0.2) is 0 Å². The molecule has 0 saturated carbocycles. The summed E-state index contributed by atoms with van der Waals surface area (Å²) in [6.45, 7) is 5.62. The molecule has 2 rings (SSSR count). The van der Waals surface area contributed by atoms with Crippen molar-refractivity contribution in [3.63, 3.8) is 0 Å². The number of hydrogen-bond acceptors (Lipinski definition) is 6. The van der Waals surface area contributed by atoms with Gasteiger partial charge >= 0.3 is 0 Å².